The van der Waals surface area contributed by atoms with E-state index in [1.807, 2.05) is 18.2 Å². The summed E-state index contributed by atoms with van der Waals surface area (Å²) in [6, 6.07) is 21.4. The van der Waals surface area contributed by atoms with Crippen molar-refractivity contribution in [1.82, 2.24) is 0 Å². The Kier molecular flexibility index (Phi) is 6.68. The summed E-state index contributed by atoms with van der Waals surface area (Å²) >= 11 is 0. The van der Waals surface area contributed by atoms with Crippen molar-refractivity contribution in [2.75, 3.05) is 11.9 Å². The molecule has 0 aliphatic heterocycles. The predicted octanol–water partition coefficient (Wildman–Crippen LogP) is 4.51. The topological polar surface area (TPSA) is 98.5 Å². The Bertz CT molecular complexity index is 1080. The van der Waals surface area contributed by atoms with Crippen molar-refractivity contribution in [1.29, 1.82) is 0 Å². The Morgan fingerprint density at radius 1 is 0.967 bits per heavy atom. The number of ether oxygens (including phenoxy) is 1. The maximum absolute atomic E-state index is 12.3. The lowest BCUT2D eigenvalue weighted by molar-refractivity contribution is -0.384. The maximum Gasteiger partial charge on any atom is 0.270 e. The van der Waals surface area contributed by atoms with Gasteiger partial charge in [-0.15, -0.1) is 0 Å². The molecule has 3 rings (SSSR count). The molecule has 0 aromatic heterocycles. The van der Waals surface area contributed by atoms with Gasteiger partial charge in [0.1, 0.15) is 5.75 Å². The minimum Gasteiger partial charge on any atom is -0.484 e. The van der Waals surface area contributed by atoms with Crippen LogP contribution in [0.15, 0.2) is 84.9 Å². The van der Waals surface area contributed by atoms with Gasteiger partial charge in [-0.25, -0.2) is 0 Å². The first-order valence-electron chi connectivity index (χ1n) is 9.06. The zero-order valence-electron chi connectivity index (χ0n) is 15.9. The fourth-order valence-corrected chi connectivity index (χ4v) is 2.59. The van der Waals surface area contributed by atoms with Crippen molar-refractivity contribution in [3.63, 3.8) is 0 Å². The van der Waals surface area contributed by atoms with E-state index in [0.29, 0.717) is 22.6 Å². The number of amides is 1. The van der Waals surface area contributed by atoms with E-state index in [0.717, 1.165) is 0 Å². The molecule has 3 aromatic rings. The molecule has 7 heteroatoms. The quantitative estimate of drug-likeness (QED) is 0.259. The number of nitrogens with zero attached hydrogens (tertiary/aromatic N) is 1. The number of anilines is 1. The summed E-state index contributed by atoms with van der Waals surface area (Å²) in [5, 5.41) is 13.5. The van der Waals surface area contributed by atoms with Gasteiger partial charge >= 0.3 is 0 Å². The van der Waals surface area contributed by atoms with Crippen LogP contribution in [0, 0.1) is 10.1 Å². The normalized spacial score (nSPS) is 10.5. The molecule has 1 amide bonds. The summed E-state index contributed by atoms with van der Waals surface area (Å²) in [5.41, 5.74) is 1.63. The second-order valence-electron chi connectivity index (χ2n) is 6.28. The number of nitrogens with one attached hydrogen (secondary N) is 1. The van der Waals surface area contributed by atoms with Crippen LogP contribution in [-0.4, -0.2) is 23.2 Å². The minimum absolute atomic E-state index is 0.0394. The number of para-hydroxylation sites is 1. The molecule has 0 bridgehead atoms. The lowest BCUT2D eigenvalue weighted by Gasteiger charge is -2.07. The molecule has 0 spiro atoms. The van der Waals surface area contributed by atoms with Crippen LogP contribution in [0.4, 0.5) is 11.4 Å². The monoisotopic (exact) mass is 402 g/mol. The second-order valence-corrected chi connectivity index (χ2v) is 6.28. The van der Waals surface area contributed by atoms with E-state index in [1.54, 1.807) is 48.5 Å². The summed E-state index contributed by atoms with van der Waals surface area (Å²) in [5.74, 6) is -0.0893. The smallest absolute Gasteiger partial charge is 0.270 e. The van der Waals surface area contributed by atoms with Gasteiger partial charge in [-0.1, -0.05) is 36.4 Å². The average molecular weight is 402 g/mol. The molecular formula is C23H18N2O5. The molecule has 0 aliphatic carbocycles. The summed E-state index contributed by atoms with van der Waals surface area (Å²) in [6.07, 6.45) is 2.87. The zero-order chi connectivity index (χ0) is 21.3. The number of hydrogen-bond donors (Lipinski definition) is 1. The summed E-state index contributed by atoms with van der Waals surface area (Å²) < 4.78 is 5.43. The number of nitro benzene ring substituents is 1. The molecule has 7 nitrogen and oxygen atoms in total. The number of carbonyl (C=O) groups is 2. The second kappa shape index (κ2) is 9.79. The van der Waals surface area contributed by atoms with Gasteiger partial charge in [0.2, 0.25) is 0 Å². The van der Waals surface area contributed by atoms with Crippen molar-refractivity contribution in [2.45, 2.75) is 0 Å². The molecule has 0 saturated carbocycles. The summed E-state index contributed by atoms with van der Waals surface area (Å²) in [6.45, 7) is -0.158. The molecule has 0 heterocycles. The SMILES string of the molecule is O=C(COc1ccc(C(=O)/C=C/c2cccc([N+](=O)[O-])c2)cc1)Nc1ccccc1. The lowest BCUT2D eigenvalue weighted by Crippen LogP contribution is -2.20. The first-order valence-corrected chi connectivity index (χ1v) is 9.06. The minimum atomic E-state index is -0.488. The third-order valence-corrected chi connectivity index (χ3v) is 4.07. The van der Waals surface area contributed by atoms with E-state index in [-0.39, 0.29) is 24.0 Å². The Balaban J connectivity index is 1.54. The lowest BCUT2D eigenvalue weighted by atomic mass is 10.1. The van der Waals surface area contributed by atoms with Crippen LogP contribution < -0.4 is 10.1 Å². The number of non-ortho nitro benzene ring substituents is 1. The molecule has 0 unspecified atom stereocenters. The van der Waals surface area contributed by atoms with Gasteiger partial charge in [-0.2, -0.15) is 0 Å². The maximum atomic E-state index is 12.3. The van der Waals surface area contributed by atoms with Crippen LogP contribution >= 0.6 is 0 Å². The molecule has 0 atom stereocenters. The Hall–Kier alpha value is -4.26. The van der Waals surface area contributed by atoms with Gasteiger partial charge < -0.3 is 10.1 Å². The highest BCUT2D eigenvalue weighted by molar-refractivity contribution is 6.06. The van der Waals surface area contributed by atoms with E-state index in [4.69, 9.17) is 4.74 Å². The summed E-state index contributed by atoms with van der Waals surface area (Å²) in [4.78, 5) is 34.5. The number of allylic oxidation sites excluding steroid dienone is 1. The largest absolute Gasteiger partial charge is 0.484 e. The molecule has 0 saturated heterocycles. The van der Waals surface area contributed by atoms with Gasteiger partial charge in [-0.05, 0) is 48.0 Å². The van der Waals surface area contributed by atoms with E-state index in [1.165, 1.54) is 24.3 Å². The van der Waals surface area contributed by atoms with Crippen molar-refractivity contribution >= 4 is 29.1 Å². The van der Waals surface area contributed by atoms with Crippen LogP contribution in [0.2, 0.25) is 0 Å². The van der Waals surface area contributed by atoms with E-state index in [9.17, 15) is 19.7 Å². The van der Waals surface area contributed by atoms with Crippen molar-refractivity contribution in [3.05, 3.63) is 106 Å². The third kappa shape index (κ3) is 5.87. The van der Waals surface area contributed by atoms with Gasteiger partial charge in [0.05, 0.1) is 4.92 Å². The van der Waals surface area contributed by atoms with Crippen molar-refractivity contribution in [3.8, 4) is 5.75 Å². The molecule has 0 fully saturated rings. The highest BCUT2D eigenvalue weighted by atomic mass is 16.6. The molecule has 0 aliphatic rings. The molecule has 30 heavy (non-hydrogen) atoms. The zero-order valence-corrected chi connectivity index (χ0v) is 15.9. The van der Waals surface area contributed by atoms with Crippen LogP contribution in [0.1, 0.15) is 15.9 Å². The third-order valence-electron chi connectivity index (χ3n) is 4.07. The van der Waals surface area contributed by atoms with Crippen LogP contribution in [-0.2, 0) is 4.79 Å². The number of nitro groups is 1. The fourth-order valence-electron chi connectivity index (χ4n) is 2.59. The molecule has 150 valence electrons. The summed E-state index contributed by atoms with van der Waals surface area (Å²) in [7, 11) is 0. The van der Waals surface area contributed by atoms with Crippen molar-refractivity contribution in [2.24, 2.45) is 0 Å². The molecule has 0 radical (unpaired) electrons. The van der Waals surface area contributed by atoms with Crippen LogP contribution in [0.5, 0.6) is 5.75 Å². The van der Waals surface area contributed by atoms with Gasteiger partial charge in [0.15, 0.2) is 12.4 Å². The molecule has 3 aromatic carbocycles. The number of ketones is 1. The Morgan fingerprint density at radius 2 is 1.70 bits per heavy atom. The molecular weight excluding hydrogens is 384 g/mol. The van der Waals surface area contributed by atoms with Gasteiger partial charge in [0, 0.05) is 23.4 Å². The van der Waals surface area contributed by atoms with Gasteiger partial charge in [0.25, 0.3) is 11.6 Å². The fraction of sp³-hybridized carbons (Fsp3) is 0.0435. The van der Waals surface area contributed by atoms with Crippen molar-refractivity contribution < 1.29 is 19.2 Å². The highest BCUT2D eigenvalue weighted by Crippen LogP contribution is 2.16. The Morgan fingerprint density at radius 3 is 2.40 bits per heavy atom. The Labute approximate surface area is 172 Å². The number of benzene rings is 3. The number of hydrogen-bond acceptors (Lipinski definition) is 5. The van der Waals surface area contributed by atoms with Gasteiger partial charge in [-0.3, -0.25) is 19.7 Å². The van der Waals surface area contributed by atoms with E-state index >= 15 is 0 Å². The number of rotatable bonds is 8. The highest BCUT2D eigenvalue weighted by Gasteiger charge is 2.07. The first-order chi connectivity index (χ1) is 14.5. The standard InChI is InChI=1S/C23H18N2O5/c26-22(14-9-17-5-4-8-20(15-17)25(28)29)18-10-12-21(13-11-18)30-16-23(27)24-19-6-2-1-3-7-19/h1-15H,16H2,(H,24,27)/b14-9+. The van der Waals surface area contributed by atoms with E-state index in [2.05, 4.69) is 5.32 Å². The first kappa shape index (κ1) is 20.5. The van der Waals surface area contributed by atoms with Crippen LogP contribution in [0.25, 0.3) is 6.08 Å². The predicted molar refractivity (Wildman–Crippen MR) is 113 cm³/mol. The van der Waals surface area contributed by atoms with E-state index < -0.39 is 4.92 Å². The average Bonchev–Trinajstić information content (AvgIpc) is 2.77. The number of carbonyl (C=O) groups excluding carboxylic acids is 2. The molecule has 1 N–H and O–H groups in total. The van der Waals surface area contributed by atoms with Crippen LogP contribution in [0.3, 0.4) is 0 Å².